The van der Waals surface area contributed by atoms with Gasteiger partial charge in [0.15, 0.2) is 0 Å². The number of alkyl halides is 3. The molecule has 0 unspecified atom stereocenters. The lowest BCUT2D eigenvalue weighted by Gasteiger charge is -2.15. The quantitative estimate of drug-likeness (QED) is 0.379. The summed E-state index contributed by atoms with van der Waals surface area (Å²) in [7, 11) is 1.41. The van der Waals surface area contributed by atoms with Crippen LogP contribution in [0.15, 0.2) is 42.5 Å². The van der Waals surface area contributed by atoms with Gasteiger partial charge in [0.1, 0.15) is 12.2 Å². The molecule has 4 rings (SSSR count). The van der Waals surface area contributed by atoms with E-state index in [-0.39, 0.29) is 39.8 Å². The number of carbonyl (C=O) groups is 2. The van der Waals surface area contributed by atoms with Crippen LogP contribution in [0.1, 0.15) is 43.5 Å². The predicted molar refractivity (Wildman–Crippen MR) is 128 cm³/mol. The first-order chi connectivity index (χ1) is 18.0. The number of aromatic nitrogens is 6. The maximum atomic E-state index is 13.5. The summed E-state index contributed by atoms with van der Waals surface area (Å²) in [6.45, 7) is 1.29. The standard InChI is InChI=1S/C23H17ClF3N9O2/c1-12-7-13(10-28)8-15(20(37)29-2)19(12)30-21(38)18-9-14(11-35-33-22(31-34-35)23(25,26)27)32-36(18)17-6-4-3-5-16(17)24/h3-9H,11H2,1-2H3,(H,29,37)(H,30,38). The van der Waals surface area contributed by atoms with Gasteiger partial charge in [-0.2, -0.15) is 28.3 Å². The maximum absolute atomic E-state index is 13.5. The number of hydrogen-bond acceptors (Lipinski definition) is 7. The van der Waals surface area contributed by atoms with Crippen LogP contribution < -0.4 is 10.6 Å². The third kappa shape index (κ3) is 5.32. The molecule has 2 N–H and O–H groups in total. The Hall–Kier alpha value is -4.77. The molecule has 0 aliphatic heterocycles. The van der Waals surface area contributed by atoms with Crippen LogP contribution in [0.25, 0.3) is 5.69 Å². The number of halogens is 4. The van der Waals surface area contributed by atoms with Gasteiger partial charge in [0, 0.05) is 7.05 Å². The lowest BCUT2D eigenvalue weighted by molar-refractivity contribution is -0.145. The van der Waals surface area contributed by atoms with E-state index >= 15 is 0 Å². The van der Waals surface area contributed by atoms with Gasteiger partial charge in [-0.05, 0) is 48.0 Å². The summed E-state index contributed by atoms with van der Waals surface area (Å²) < 4.78 is 39.8. The van der Waals surface area contributed by atoms with E-state index in [2.05, 4.69) is 31.1 Å². The fraction of sp³-hybridized carbons (Fsp3) is 0.174. The normalized spacial score (nSPS) is 11.2. The van der Waals surface area contributed by atoms with Crippen molar-refractivity contribution in [1.82, 2.24) is 35.3 Å². The number of para-hydroxylation sites is 1. The summed E-state index contributed by atoms with van der Waals surface area (Å²) in [5, 5.41) is 28.7. The molecular formula is C23H17ClF3N9O2. The molecule has 0 aliphatic rings. The second-order valence-corrected chi connectivity index (χ2v) is 8.29. The van der Waals surface area contributed by atoms with Crippen LogP contribution in [0.3, 0.4) is 0 Å². The van der Waals surface area contributed by atoms with Crippen molar-refractivity contribution < 1.29 is 22.8 Å². The second-order valence-electron chi connectivity index (χ2n) is 7.89. The van der Waals surface area contributed by atoms with Gasteiger partial charge in [-0.3, -0.25) is 9.59 Å². The summed E-state index contributed by atoms with van der Waals surface area (Å²) in [6, 6.07) is 12.6. The lowest BCUT2D eigenvalue weighted by Crippen LogP contribution is -2.23. The highest BCUT2D eigenvalue weighted by atomic mass is 35.5. The van der Waals surface area contributed by atoms with Crippen molar-refractivity contribution in [1.29, 1.82) is 5.26 Å². The van der Waals surface area contributed by atoms with Crippen LogP contribution in [0, 0.1) is 18.3 Å². The molecule has 0 bridgehead atoms. The van der Waals surface area contributed by atoms with Crippen molar-refractivity contribution >= 4 is 29.1 Å². The van der Waals surface area contributed by atoms with Crippen molar-refractivity contribution in [2.45, 2.75) is 19.6 Å². The molecule has 0 saturated carbocycles. The fourth-order valence-corrected chi connectivity index (χ4v) is 3.77. The first-order valence-corrected chi connectivity index (χ1v) is 11.2. The van der Waals surface area contributed by atoms with Crippen LogP contribution in [0.4, 0.5) is 18.9 Å². The molecule has 194 valence electrons. The number of hydrogen-bond donors (Lipinski definition) is 2. The molecule has 2 aromatic carbocycles. The number of amides is 2. The van der Waals surface area contributed by atoms with E-state index in [0.29, 0.717) is 16.0 Å². The molecule has 15 heteroatoms. The van der Waals surface area contributed by atoms with Gasteiger partial charge in [-0.1, -0.05) is 23.7 Å². The Morgan fingerprint density at radius 2 is 1.87 bits per heavy atom. The predicted octanol–water partition coefficient (Wildman–Crippen LogP) is 3.37. The summed E-state index contributed by atoms with van der Waals surface area (Å²) in [5.74, 6) is -2.65. The average Bonchev–Trinajstić information content (AvgIpc) is 3.52. The third-order valence-electron chi connectivity index (χ3n) is 5.26. The molecule has 2 heterocycles. The van der Waals surface area contributed by atoms with Crippen molar-refractivity contribution in [2.75, 3.05) is 12.4 Å². The van der Waals surface area contributed by atoms with Crippen molar-refractivity contribution in [2.24, 2.45) is 0 Å². The molecule has 2 amide bonds. The van der Waals surface area contributed by atoms with Crippen LogP contribution in [-0.2, 0) is 12.7 Å². The molecule has 4 aromatic rings. The Morgan fingerprint density at radius 3 is 2.50 bits per heavy atom. The lowest BCUT2D eigenvalue weighted by atomic mass is 10.0. The van der Waals surface area contributed by atoms with Crippen LogP contribution >= 0.6 is 11.6 Å². The topological polar surface area (TPSA) is 143 Å². The summed E-state index contributed by atoms with van der Waals surface area (Å²) in [5.41, 5.74) is 1.30. The van der Waals surface area contributed by atoms with E-state index in [4.69, 9.17) is 11.6 Å². The SMILES string of the molecule is CNC(=O)c1cc(C#N)cc(C)c1NC(=O)c1cc(Cn2nnc(C(F)(F)F)n2)nn1-c1ccccc1Cl. The van der Waals surface area contributed by atoms with E-state index in [1.165, 1.54) is 29.9 Å². The van der Waals surface area contributed by atoms with Gasteiger partial charge in [-0.15, -0.1) is 10.2 Å². The number of nitrogens with zero attached hydrogens (tertiary/aromatic N) is 7. The van der Waals surface area contributed by atoms with Gasteiger partial charge < -0.3 is 10.6 Å². The molecule has 0 spiro atoms. The van der Waals surface area contributed by atoms with Gasteiger partial charge in [0.05, 0.1) is 39.3 Å². The monoisotopic (exact) mass is 543 g/mol. The molecule has 0 saturated heterocycles. The maximum Gasteiger partial charge on any atom is 0.455 e. The van der Waals surface area contributed by atoms with Crippen LogP contribution in [0.2, 0.25) is 5.02 Å². The van der Waals surface area contributed by atoms with Gasteiger partial charge >= 0.3 is 6.18 Å². The van der Waals surface area contributed by atoms with Gasteiger partial charge in [-0.25, -0.2) is 4.68 Å². The van der Waals surface area contributed by atoms with E-state index in [1.807, 2.05) is 6.07 Å². The highest BCUT2D eigenvalue weighted by Gasteiger charge is 2.37. The molecule has 0 radical (unpaired) electrons. The summed E-state index contributed by atoms with van der Waals surface area (Å²) in [6.07, 6.45) is -4.78. The molecule has 2 aromatic heterocycles. The number of nitriles is 1. The Labute approximate surface area is 217 Å². The number of carbonyl (C=O) groups excluding carboxylic acids is 2. The van der Waals surface area contributed by atoms with E-state index < -0.39 is 23.8 Å². The Balaban J connectivity index is 1.76. The van der Waals surface area contributed by atoms with Crippen LogP contribution in [-0.4, -0.2) is 48.8 Å². The van der Waals surface area contributed by atoms with Crippen LogP contribution in [0.5, 0.6) is 0 Å². The smallest absolute Gasteiger partial charge is 0.355 e. The largest absolute Gasteiger partial charge is 0.455 e. The van der Waals surface area contributed by atoms with E-state index in [0.717, 1.165) is 0 Å². The third-order valence-corrected chi connectivity index (χ3v) is 5.58. The fourth-order valence-electron chi connectivity index (χ4n) is 3.55. The minimum absolute atomic E-state index is 0.0455. The average molecular weight is 544 g/mol. The minimum atomic E-state index is -4.78. The Bertz CT molecular complexity index is 1590. The molecule has 0 atom stereocenters. The Kier molecular flexibility index (Phi) is 7.13. The minimum Gasteiger partial charge on any atom is -0.355 e. The number of anilines is 1. The summed E-state index contributed by atoms with van der Waals surface area (Å²) >= 11 is 6.32. The number of tetrazole rings is 1. The van der Waals surface area contributed by atoms with Gasteiger partial charge in [0.2, 0.25) is 0 Å². The molecule has 11 nitrogen and oxygen atoms in total. The van der Waals surface area contributed by atoms with Gasteiger partial charge in [0.25, 0.3) is 17.6 Å². The zero-order valence-electron chi connectivity index (χ0n) is 19.7. The second kappa shape index (κ2) is 10.3. The first-order valence-electron chi connectivity index (χ1n) is 10.8. The van der Waals surface area contributed by atoms with Crippen molar-refractivity contribution in [3.05, 3.63) is 81.4 Å². The molecular weight excluding hydrogens is 527 g/mol. The number of aryl methyl sites for hydroxylation is 1. The van der Waals surface area contributed by atoms with E-state index in [9.17, 15) is 28.0 Å². The van der Waals surface area contributed by atoms with Crippen molar-refractivity contribution in [3.63, 3.8) is 0 Å². The van der Waals surface area contributed by atoms with Crippen molar-refractivity contribution in [3.8, 4) is 11.8 Å². The number of benzene rings is 2. The zero-order chi connectivity index (χ0) is 27.6. The molecule has 38 heavy (non-hydrogen) atoms. The first kappa shape index (κ1) is 26.3. The number of rotatable bonds is 6. The summed E-state index contributed by atoms with van der Waals surface area (Å²) in [4.78, 5) is 26.6. The molecule has 0 fully saturated rings. The van der Waals surface area contributed by atoms with E-state index in [1.54, 1.807) is 31.2 Å². The molecule has 0 aliphatic carbocycles. The highest BCUT2D eigenvalue weighted by Crippen LogP contribution is 2.27. The Morgan fingerprint density at radius 1 is 1.13 bits per heavy atom. The zero-order valence-corrected chi connectivity index (χ0v) is 20.5. The highest BCUT2D eigenvalue weighted by molar-refractivity contribution is 6.32. The number of nitrogens with one attached hydrogen (secondary N) is 2.